The summed E-state index contributed by atoms with van der Waals surface area (Å²) in [5, 5.41) is 8.90. The molecule has 2 aromatic rings. The molecular formula is C20H23NO3. The van der Waals surface area contributed by atoms with Crippen molar-refractivity contribution in [1.29, 1.82) is 5.26 Å². The molecule has 0 radical (unpaired) electrons. The Morgan fingerprint density at radius 1 is 1.00 bits per heavy atom. The van der Waals surface area contributed by atoms with Crippen molar-refractivity contribution in [3.63, 3.8) is 0 Å². The SMILES string of the molecule is COc1cc(C#N)ccc1OCCOc1ccc(C(C)C)c(C)c1. The molecule has 0 atom stereocenters. The first-order valence-electron chi connectivity index (χ1n) is 7.99. The Bertz CT molecular complexity index is 732. The summed E-state index contributed by atoms with van der Waals surface area (Å²) < 4.78 is 16.7. The number of rotatable bonds is 7. The van der Waals surface area contributed by atoms with Gasteiger partial charge in [0.1, 0.15) is 19.0 Å². The first-order chi connectivity index (χ1) is 11.5. The lowest BCUT2D eigenvalue weighted by Gasteiger charge is -2.14. The molecule has 4 heteroatoms. The fraction of sp³-hybridized carbons (Fsp3) is 0.350. The minimum Gasteiger partial charge on any atom is -0.493 e. The maximum absolute atomic E-state index is 8.90. The number of nitrogens with zero attached hydrogens (tertiary/aromatic N) is 1. The molecule has 0 fully saturated rings. The summed E-state index contributed by atoms with van der Waals surface area (Å²) in [6, 6.07) is 13.3. The number of methoxy groups -OCH3 is 1. The highest BCUT2D eigenvalue weighted by molar-refractivity contribution is 5.46. The summed E-state index contributed by atoms with van der Waals surface area (Å²) in [4.78, 5) is 0. The van der Waals surface area contributed by atoms with E-state index >= 15 is 0 Å². The highest BCUT2D eigenvalue weighted by Gasteiger charge is 2.07. The standard InChI is InChI=1S/C20H23NO3/c1-14(2)18-7-6-17(11-15(18)3)23-9-10-24-19-8-5-16(13-21)12-20(19)22-4/h5-8,11-12,14H,9-10H2,1-4H3. The molecule has 0 saturated heterocycles. The Kier molecular flexibility index (Phi) is 6.08. The summed E-state index contributed by atoms with van der Waals surface area (Å²) in [6.07, 6.45) is 0. The molecule has 0 heterocycles. The number of benzene rings is 2. The molecule has 2 rings (SSSR count). The molecule has 0 aliphatic carbocycles. The molecule has 126 valence electrons. The van der Waals surface area contributed by atoms with Crippen molar-refractivity contribution >= 4 is 0 Å². The van der Waals surface area contributed by atoms with Crippen LogP contribution in [0.15, 0.2) is 36.4 Å². The summed E-state index contributed by atoms with van der Waals surface area (Å²) >= 11 is 0. The lowest BCUT2D eigenvalue weighted by Crippen LogP contribution is -2.10. The fourth-order valence-electron chi connectivity index (χ4n) is 2.55. The molecule has 0 saturated carbocycles. The van der Waals surface area contributed by atoms with Crippen LogP contribution >= 0.6 is 0 Å². The van der Waals surface area contributed by atoms with Crippen molar-refractivity contribution in [2.45, 2.75) is 26.7 Å². The van der Waals surface area contributed by atoms with Crippen LogP contribution in [0.25, 0.3) is 0 Å². The summed E-state index contributed by atoms with van der Waals surface area (Å²) in [5.41, 5.74) is 3.11. The second kappa shape index (κ2) is 8.26. The molecule has 0 N–H and O–H groups in total. The molecule has 24 heavy (non-hydrogen) atoms. The molecule has 2 aromatic carbocycles. The normalized spacial score (nSPS) is 10.3. The molecule has 0 spiro atoms. The van der Waals surface area contributed by atoms with Crippen LogP contribution in [0, 0.1) is 18.3 Å². The first kappa shape index (κ1) is 17.7. The number of ether oxygens (including phenoxy) is 3. The zero-order valence-electron chi connectivity index (χ0n) is 14.6. The molecule has 0 unspecified atom stereocenters. The molecule has 0 bridgehead atoms. The van der Waals surface area contributed by atoms with Gasteiger partial charge in [-0.3, -0.25) is 0 Å². The highest BCUT2D eigenvalue weighted by atomic mass is 16.5. The predicted octanol–water partition coefficient (Wildman–Crippen LogP) is 4.46. The Labute approximate surface area is 143 Å². The van der Waals surface area contributed by atoms with Gasteiger partial charge in [-0.25, -0.2) is 0 Å². The van der Waals surface area contributed by atoms with Gasteiger partial charge in [0, 0.05) is 6.07 Å². The number of hydrogen-bond donors (Lipinski definition) is 0. The topological polar surface area (TPSA) is 51.5 Å². The van der Waals surface area contributed by atoms with Crippen molar-refractivity contribution in [3.05, 3.63) is 53.1 Å². The van der Waals surface area contributed by atoms with E-state index in [1.165, 1.54) is 11.1 Å². The van der Waals surface area contributed by atoms with Crippen molar-refractivity contribution in [3.8, 4) is 23.3 Å². The molecule has 0 aliphatic heterocycles. The number of aryl methyl sites for hydroxylation is 1. The van der Waals surface area contributed by atoms with Crippen LogP contribution in [-0.4, -0.2) is 20.3 Å². The van der Waals surface area contributed by atoms with Gasteiger partial charge in [-0.1, -0.05) is 19.9 Å². The van der Waals surface area contributed by atoms with Crippen LogP contribution in [0.5, 0.6) is 17.2 Å². The fourth-order valence-corrected chi connectivity index (χ4v) is 2.55. The van der Waals surface area contributed by atoms with Crippen LogP contribution < -0.4 is 14.2 Å². The quantitative estimate of drug-likeness (QED) is 0.705. The first-order valence-corrected chi connectivity index (χ1v) is 7.99. The number of hydrogen-bond acceptors (Lipinski definition) is 4. The molecule has 0 aromatic heterocycles. The van der Waals surface area contributed by atoms with Gasteiger partial charge in [-0.05, 0) is 48.2 Å². The molecule has 0 amide bonds. The lowest BCUT2D eigenvalue weighted by molar-refractivity contribution is 0.211. The van der Waals surface area contributed by atoms with Crippen molar-refractivity contribution in [2.75, 3.05) is 20.3 Å². The summed E-state index contributed by atoms with van der Waals surface area (Å²) in [6.45, 7) is 7.29. The van der Waals surface area contributed by atoms with Gasteiger partial charge < -0.3 is 14.2 Å². The van der Waals surface area contributed by atoms with E-state index in [0.29, 0.717) is 36.2 Å². The van der Waals surface area contributed by atoms with E-state index in [2.05, 4.69) is 39.0 Å². The van der Waals surface area contributed by atoms with Crippen LogP contribution in [-0.2, 0) is 0 Å². The van der Waals surface area contributed by atoms with Crippen LogP contribution in [0.1, 0.15) is 36.5 Å². The summed E-state index contributed by atoms with van der Waals surface area (Å²) in [5.74, 6) is 2.50. The second-order valence-corrected chi connectivity index (χ2v) is 5.85. The van der Waals surface area contributed by atoms with E-state index in [1.54, 1.807) is 25.3 Å². The second-order valence-electron chi connectivity index (χ2n) is 5.85. The van der Waals surface area contributed by atoms with Crippen molar-refractivity contribution in [2.24, 2.45) is 0 Å². The van der Waals surface area contributed by atoms with E-state index in [9.17, 15) is 0 Å². The third-order valence-electron chi connectivity index (χ3n) is 3.77. The predicted molar refractivity (Wildman–Crippen MR) is 94.0 cm³/mol. The van der Waals surface area contributed by atoms with E-state index in [-0.39, 0.29) is 0 Å². The monoisotopic (exact) mass is 325 g/mol. The minimum absolute atomic E-state index is 0.396. The van der Waals surface area contributed by atoms with Gasteiger partial charge in [-0.2, -0.15) is 5.26 Å². The van der Waals surface area contributed by atoms with Crippen LogP contribution in [0.3, 0.4) is 0 Å². The minimum atomic E-state index is 0.396. The third kappa shape index (κ3) is 4.42. The van der Waals surface area contributed by atoms with E-state index in [4.69, 9.17) is 19.5 Å². The van der Waals surface area contributed by atoms with Gasteiger partial charge in [0.2, 0.25) is 0 Å². The highest BCUT2D eigenvalue weighted by Crippen LogP contribution is 2.28. The van der Waals surface area contributed by atoms with Gasteiger partial charge in [-0.15, -0.1) is 0 Å². The maximum Gasteiger partial charge on any atom is 0.162 e. The van der Waals surface area contributed by atoms with Gasteiger partial charge in [0.15, 0.2) is 11.5 Å². The molecular weight excluding hydrogens is 302 g/mol. The Morgan fingerprint density at radius 2 is 1.75 bits per heavy atom. The van der Waals surface area contributed by atoms with Crippen molar-refractivity contribution < 1.29 is 14.2 Å². The molecule has 4 nitrogen and oxygen atoms in total. The Balaban J connectivity index is 1.89. The Morgan fingerprint density at radius 3 is 2.38 bits per heavy atom. The average molecular weight is 325 g/mol. The van der Waals surface area contributed by atoms with Crippen LogP contribution in [0.2, 0.25) is 0 Å². The smallest absolute Gasteiger partial charge is 0.162 e. The molecule has 0 aliphatic rings. The van der Waals surface area contributed by atoms with Crippen molar-refractivity contribution in [1.82, 2.24) is 0 Å². The van der Waals surface area contributed by atoms with E-state index in [0.717, 1.165) is 5.75 Å². The third-order valence-corrected chi connectivity index (χ3v) is 3.77. The van der Waals surface area contributed by atoms with E-state index < -0.39 is 0 Å². The maximum atomic E-state index is 8.90. The van der Waals surface area contributed by atoms with Gasteiger partial charge in [0.25, 0.3) is 0 Å². The van der Waals surface area contributed by atoms with Gasteiger partial charge in [0.05, 0.1) is 18.7 Å². The van der Waals surface area contributed by atoms with Crippen LogP contribution in [0.4, 0.5) is 0 Å². The number of nitriles is 1. The zero-order chi connectivity index (χ0) is 17.5. The lowest BCUT2D eigenvalue weighted by atomic mass is 9.98. The largest absolute Gasteiger partial charge is 0.493 e. The zero-order valence-corrected chi connectivity index (χ0v) is 14.6. The van der Waals surface area contributed by atoms with Gasteiger partial charge >= 0.3 is 0 Å². The average Bonchev–Trinajstić information content (AvgIpc) is 2.58. The summed E-state index contributed by atoms with van der Waals surface area (Å²) in [7, 11) is 1.55. The Hall–Kier alpha value is -2.67. The van der Waals surface area contributed by atoms with E-state index in [1.807, 2.05) is 6.07 Å².